The molecule has 0 atom stereocenters. The largest absolute Gasteiger partial charge is 0.477 e. The quantitative estimate of drug-likeness (QED) is 0.872. The number of nitrogens with zero attached hydrogens (tertiary/aromatic N) is 3. The number of carbonyl (C=O) groups is 1. The highest BCUT2D eigenvalue weighted by Crippen LogP contribution is 2.20. The topological polar surface area (TPSA) is 58.4 Å². The van der Waals surface area contributed by atoms with Gasteiger partial charge in [-0.1, -0.05) is 18.2 Å². The predicted molar refractivity (Wildman–Crippen MR) is 64.9 cm³/mol. The van der Waals surface area contributed by atoms with Gasteiger partial charge in [-0.05, 0) is 12.1 Å². The van der Waals surface area contributed by atoms with Crippen molar-refractivity contribution in [2.75, 3.05) is 19.0 Å². The number of anilines is 1. The van der Waals surface area contributed by atoms with E-state index < -0.39 is 5.97 Å². The maximum Gasteiger partial charge on any atom is 0.354 e. The molecule has 5 heteroatoms. The SMILES string of the molecule is CN(C)c1ncc(C(=O)O)n1-c1ccccc1. The fraction of sp³-hybridized carbons (Fsp3) is 0.167. The molecule has 0 fully saturated rings. The number of hydrogen-bond acceptors (Lipinski definition) is 3. The molecule has 0 radical (unpaired) electrons. The lowest BCUT2D eigenvalue weighted by molar-refractivity contribution is 0.0688. The molecule has 0 amide bonds. The van der Waals surface area contributed by atoms with Crippen LogP contribution in [0.25, 0.3) is 5.69 Å². The van der Waals surface area contributed by atoms with Gasteiger partial charge in [0.1, 0.15) is 0 Å². The fourth-order valence-corrected chi connectivity index (χ4v) is 1.64. The van der Waals surface area contributed by atoms with Crippen molar-refractivity contribution in [3.05, 3.63) is 42.2 Å². The van der Waals surface area contributed by atoms with Crippen molar-refractivity contribution in [2.45, 2.75) is 0 Å². The molecule has 0 aliphatic carbocycles. The average molecular weight is 231 g/mol. The third kappa shape index (κ3) is 1.99. The van der Waals surface area contributed by atoms with Crippen molar-refractivity contribution in [1.29, 1.82) is 0 Å². The van der Waals surface area contributed by atoms with Gasteiger partial charge in [0.25, 0.3) is 0 Å². The van der Waals surface area contributed by atoms with Crippen molar-refractivity contribution in [1.82, 2.24) is 9.55 Å². The highest BCUT2D eigenvalue weighted by atomic mass is 16.4. The van der Waals surface area contributed by atoms with E-state index in [4.69, 9.17) is 5.11 Å². The summed E-state index contributed by atoms with van der Waals surface area (Å²) in [5, 5.41) is 9.14. The van der Waals surface area contributed by atoms with Gasteiger partial charge in [-0.3, -0.25) is 4.57 Å². The first-order valence-electron chi connectivity index (χ1n) is 5.15. The number of benzene rings is 1. The predicted octanol–water partition coefficient (Wildman–Crippen LogP) is 1.64. The minimum Gasteiger partial charge on any atom is -0.477 e. The Labute approximate surface area is 98.9 Å². The Hall–Kier alpha value is -2.30. The van der Waals surface area contributed by atoms with Crippen molar-refractivity contribution in [2.24, 2.45) is 0 Å². The highest BCUT2D eigenvalue weighted by molar-refractivity contribution is 5.87. The summed E-state index contributed by atoms with van der Waals surface area (Å²) in [5.41, 5.74) is 0.936. The molecule has 0 bridgehead atoms. The summed E-state index contributed by atoms with van der Waals surface area (Å²) in [6.45, 7) is 0. The van der Waals surface area contributed by atoms with Crippen molar-refractivity contribution < 1.29 is 9.90 Å². The number of carboxylic acids is 1. The van der Waals surface area contributed by atoms with Gasteiger partial charge in [0.2, 0.25) is 5.95 Å². The molecule has 88 valence electrons. The molecule has 1 N–H and O–H groups in total. The summed E-state index contributed by atoms with van der Waals surface area (Å²) >= 11 is 0. The van der Waals surface area contributed by atoms with E-state index in [1.807, 2.05) is 44.4 Å². The van der Waals surface area contributed by atoms with Crippen molar-refractivity contribution >= 4 is 11.9 Å². The summed E-state index contributed by atoms with van der Waals surface area (Å²) < 4.78 is 1.61. The van der Waals surface area contributed by atoms with Gasteiger partial charge in [0.15, 0.2) is 5.69 Å². The smallest absolute Gasteiger partial charge is 0.354 e. The highest BCUT2D eigenvalue weighted by Gasteiger charge is 2.17. The van der Waals surface area contributed by atoms with Crippen LogP contribution in [0.1, 0.15) is 10.5 Å². The molecule has 0 unspecified atom stereocenters. The zero-order valence-electron chi connectivity index (χ0n) is 9.66. The van der Waals surface area contributed by atoms with Crippen LogP contribution in [0.15, 0.2) is 36.5 Å². The zero-order valence-corrected chi connectivity index (χ0v) is 9.66. The lowest BCUT2D eigenvalue weighted by Crippen LogP contribution is -2.17. The van der Waals surface area contributed by atoms with Crippen LogP contribution >= 0.6 is 0 Å². The first-order valence-corrected chi connectivity index (χ1v) is 5.15. The van der Waals surface area contributed by atoms with Gasteiger partial charge in [0, 0.05) is 19.8 Å². The van der Waals surface area contributed by atoms with E-state index in [0.717, 1.165) is 5.69 Å². The Morgan fingerprint density at radius 3 is 2.47 bits per heavy atom. The van der Waals surface area contributed by atoms with Crippen molar-refractivity contribution in [3.8, 4) is 5.69 Å². The normalized spacial score (nSPS) is 10.2. The first-order chi connectivity index (χ1) is 8.11. The van der Waals surface area contributed by atoms with Gasteiger partial charge in [-0.25, -0.2) is 9.78 Å². The molecule has 2 aromatic rings. The van der Waals surface area contributed by atoms with Crippen LogP contribution in [0.2, 0.25) is 0 Å². The number of carboxylic acid groups (broad SMARTS) is 1. The molecule has 17 heavy (non-hydrogen) atoms. The Morgan fingerprint density at radius 1 is 1.29 bits per heavy atom. The van der Waals surface area contributed by atoms with Gasteiger partial charge in [0.05, 0.1) is 6.20 Å². The van der Waals surface area contributed by atoms with Crippen molar-refractivity contribution in [3.63, 3.8) is 0 Å². The molecule has 0 aliphatic heterocycles. The second kappa shape index (κ2) is 4.29. The van der Waals surface area contributed by atoms with Crippen LogP contribution in [0.3, 0.4) is 0 Å². The third-order valence-electron chi connectivity index (χ3n) is 2.38. The Kier molecular flexibility index (Phi) is 2.82. The molecule has 2 rings (SSSR count). The van der Waals surface area contributed by atoms with E-state index >= 15 is 0 Å². The van der Waals surface area contributed by atoms with Gasteiger partial charge >= 0.3 is 5.97 Å². The molecule has 5 nitrogen and oxygen atoms in total. The van der Waals surface area contributed by atoms with Crippen LogP contribution in [-0.4, -0.2) is 34.7 Å². The average Bonchev–Trinajstić information content (AvgIpc) is 2.74. The minimum absolute atomic E-state index is 0.153. The molecule has 0 saturated carbocycles. The lowest BCUT2D eigenvalue weighted by atomic mass is 10.3. The monoisotopic (exact) mass is 231 g/mol. The minimum atomic E-state index is -0.991. The Morgan fingerprint density at radius 2 is 1.94 bits per heavy atom. The zero-order chi connectivity index (χ0) is 12.4. The van der Waals surface area contributed by atoms with E-state index in [9.17, 15) is 4.79 Å². The van der Waals surface area contributed by atoms with Crippen LogP contribution in [-0.2, 0) is 0 Å². The summed E-state index contributed by atoms with van der Waals surface area (Å²) in [6.07, 6.45) is 1.37. The molecule has 1 heterocycles. The van der Waals surface area contributed by atoms with Gasteiger partial charge < -0.3 is 10.0 Å². The molecule has 0 spiro atoms. The van der Waals surface area contributed by atoms with Crippen LogP contribution in [0, 0.1) is 0 Å². The van der Waals surface area contributed by atoms with Crippen LogP contribution in [0.5, 0.6) is 0 Å². The number of imidazole rings is 1. The maximum absolute atomic E-state index is 11.2. The standard InChI is InChI=1S/C12H13N3O2/c1-14(2)12-13-8-10(11(16)17)15(12)9-6-4-3-5-7-9/h3-8H,1-2H3,(H,16,17). The summed E-state index contributed by atoms with van der Waals surface area (Å²) in [7, 11) is 3.65. The summed E-state index contributed by atoms with van der Waals surface area (Å²) in [4.78, 5) is 17.1. The number of rotatable bonds is 3. The van der Waals surface area contributed by atoms with Crippen LogP contribution < -0.4 is 4.90 Å². The Balaban J connectivity index is 2.65. The molecule has 1 aromatic heterocycles. The number of hydrogen-bond donors (Lipinski definition) is 1. The third-order valence-corrected chi connectivity index (χ3v) is 2.38. The molecular formula is C12H13N3O2. The number of aromatic nitrogens is 2. The number of aromatic carboxylic acids is 1. The molecule has 0 aliphatic rings. The fourth-order valence-electron chi connectivity index (χ4n) is 1.64. The van der Waals surface area contributed by atoms with E-state index in [0.29, 0.717) is 5.95 Å². The Bertz CT molecular complexity index is 532. The van der Waals surface area contributed by atoms with Crippen LogP contribution in [0.4, 0.5) is 5.95 Å². The van der Waals surface area contributed by atoms with E-state index in [1.165, 1.54) is 6.20 Å². The second-order valence-electron chi connectivity index (χ2n) is 3.81. The van der Waals surface area contributed by atoms with E-state index in [-0.39, 0.29) is 5.69 Å². The van der Waals surface area contributed by atoms with E-state index in [1.54, 1.807) is 9.47 Å². The summed E-state index contributed by atoms with van der Waals surface area (Å²) in [6, 6.07) is 9.30. The van der Waals surface area contributed by atoms with Gasteiger partial charge in [-0.15, -0.1) is 0 Å². The lowest BCUT2D eigenvalue weighted by Gasteiger charge is -2.15. The van der Waals surface area contributed by atoms with E-state index in [2.05, 4.69) is 4.98 Å². The molecular weight excluding hydrogens is 218 g/mol. The summed E-state index contributed by atoms with van der Waals surface area (Å²) in [5.74, 6) is -0.400. The maximum atomic E-state index is 11.2. The molecule has 0 saturated heterocycles. The molecule has 1 aromatic carbocycles. The first kappa shape index (κ1) is 11.2. The number of para-hydroxylation sites is 1. The second-order valence-corrected chi connectivity index (χ2v) is 3.81. The van der Waals surface area contributed by atoms with Gasteiger partial charge in [-0.2, -0.15) is 0 Å².